The molecule has 0 amide bonds. The molecule has 3 rings (SSSR count). The molecular weight excluding hydrogens is 238 g/mol. The Bertz CT molecular complexity index is 518. The molecule has 1 atom stereocenters. The van der Waals surface area contributed by atoms with Crippen molar-refractivity contribution in [1.82, 2.24) is 24.9 Å². The van der Waals surface area contributed by atoms with Gasteiger partial charge in [0.05, 0.1) is 5.25 Å². The predicted octanol–water partition coefficient (Wildman–Crippen LogP) is 1.93. The van der Waals surface area contributed by atoms with Gasteiger partial charge in [0.1, 0.15) is 6.33 Å². The van der Waals surface area contributed by atoms with Crippen LogP contribution in [0, 0.1) is 0 Å². The maximum absolute atomic E-state index is 5.28. The first kappa shape index (κ1) is 10.8. The molecule has 2 aromatic heterocycles. The van der Waals surface area contributed by atoms with Crippen molar-refractivity contribution in [2.75, 3.05) is 0 Å². The van der Waals surface area contributed by atoms with Crippen LogP contribution in [-0.4, -0.2) is 24.9 Å². The molecule has 1 saturated carbocycles. The molecule has 0 aromatic carbocycles. The van der Waals surface area contributed by atoms with Crippen LogP contribution in [0.1, 0.15) is 42.6 Å². The summed E-state index contributed by atoms with van der Waals surface area (Å²) in [7, 11) is 1.92. The average Bonchev–Trinajstić information content (AvgIpc) is 2.91. The number of aromatic nitrogens is 5. The molecule has 0 aliphatic heterocycles. The van der Waals surface area contributed by atoms with Crippen molar-refractivity contribution in [2.45, 2.75) is 36.1 Å². The van der Waals surface area contributed by atoms with E-state index in [-0.39, 0.29) is 5.25 Å². The quantitative estimate of drug-likeness (QED) is 0.773. The maximum Gasteiger partial charge on any atom is 0.239 e. The van der Waals surface area contributed by atoms with Crippen LogP contribution in [0.25, 0.3) is 0 Å². The van der Waals surface area contributed by atoms with Crippen molar-refractivity contribution in [2.24, 2.45) is 7.05 Å². The van der Waals surface area contributed by atoms with E-state index in [1.807, 2.05) is 18.5 Å². The number of hydrogen-bond donors (Lipinski definition) is 0. The van der Waals surface area contributed by atoms with Gasteiger partial charge in [0.15, 0.2) is 11.0 Å². The van der Waals surface area contributed by atoms with Gasteiger partial charge >= 0.3 is 0 Å². The summed E-state index contributed by atoms with van der Waals surface area (Å²) in [5.74, 6) is 2.05. The molecule has 1 aliphatic carbocycles. The molecular formula is C10H13N5OS. The van der Waals surface area contributed by atoms with E-state index in [9.17, 15) is 0 Å². The highest BCUT2D eigenvalue weighted by Crippen LogP contribution is 2.39. The summed E-state index contributed by atoms with van der Waals surface area (Å²) < 4.78 is 7.15. The number of aryl methyl sites for hydroxylation is 1. The van der Waals surface area contributed by atoms with E-state index in [0.29, 0.717) is 11.8 Å². The first-order valence-corrected chi connectivity index (χ1v) is 6.46. The molecule has 17 heavy (non-hydrogen) atoms. The Morgan fingerprint density at radius 2 is 2.35 bits per heavy atom. The molecule has 1 fully saturated rings. The molecule has 1 unspecified atom stereocenters. The molecule has 2 heterocycles. The zero-order valence-corrected chi connectivity index (χ0v) is 10.5. The standard InChI is InChI=1S/C10H13N5OS/c1-6(17-10-13-11-5-15(10)2)9-12-8(14-16-9)7-3-4-7/h5-7H,3-4H2,1-2H3. The van der Waals surface area contributed by atoms with Crippen molar-refractivity contribution >= 4 is 11.8 Å². The van der Waals surface area contributed by atoms with Gasteiger partial charge in [0.2, 0.25) is 5.89 Å². The number of hydrogen-bond acceptors (Lipinski definition) is 6. The van der Waals surface area contributed by atoms with Crippen molar-refractivity contribution in [3.63, 3.8) is 0 Å². The van der Waals surface area contributed by atoms with E-state index in [4.69, 9.17) is 4.52 Å². The van der Waals surface area contributed by atoms with E-state index in [2.05, 4.69) is 20.3 Å². The largest absolute Gasteiger partial charge is 0.338 e. The van der Waals surface area contributed by atoms with Gasteiger partial charge in [-0.3, -0.25) is 0 Å². The summed E-state index contributed by atoms with van der Waals surface area (Å²) in [6.07, 6.45) is 4.05. The lowest BCUT2D eigenvalue weighted by atomic mass is 10.4. The molecule has 2 aromatic rings. The van der Waals surface area contributed by atoms with Crippen LogP contribution < -0.4 is 0 Å². The van der Waals surface area contributed by atoms with Crippen LogP contribution in [-0.2, 0) is 7.05 Å². The highest BCUT2D eigenvalue weighted by Gasteiger charge is 2.29. The van der Waals surface area contributed by atoms with Crippen LogP contribution in [0.3, 0.4) is 0 Å². The zero-order chi connectivity index (χ0) is 11.8. The number of thioether (sulfide) groups is 1. The Kier molecular flexibility index (Phi) is 2.62. The van der Waals surface area contributed by atoms with Gasteiger partial charge in [-0.1, -0.05) is 16.9 Å². The average molecular weight is 251 g/mol. The van der Waals surface area contributed by atoms with Crippen LogP contribution in [0.2, 0.25) is 0 Å². The molecule has 7 heteroatoms. The Balaban J connectivity index is 1.72. The summed E-state index contributed by atoms with van der Waals surface area (Å²) >= 11 is 1.57. The lowest BCUT2D eigenvalue weighted by Crippen LogP contribution is -1.94. The lowest BCUT2D eigenvalue weighted by molar-refractivity contribution is 0.374. The summed E-state index contributed by atoms with van der Waals surface area (Å²) in [4.78, 5) is 4.43. The van der Waals surface area contributed by atoms with Gasteiger partial charge in [0.25, 0.3) is 0 Å². The fourth-order valence-electron chi connectivity index (χ4n) is 1.51. The number of nitrogens with zero attached hydrogens (tertiary/aromatic N) is 5. The van der Waals surface area contributed by atoms with Crippen LogP contribution in [0.5, 0.6) is 0 Å². The molecule has 0 bridgehead atoms. The van der Waals surface area contributed by atoms with Crippen molar-refractivity contribution in [3.05, 3.63) is 18.0 Å². The van der Waals surface area contributed by atoms with Crippen molar-refractivity contribution in [1.29, 1.82) is 0 Å². The van der Waals surface area contributed by atoms with Gasteiger partial charge < -0.3 is 9.09 Å². The minimum Gasteiger partial charge on any atom is -0.338 e. The van der Waals surface area contributed by atoms with Crippen molar-refractivity contribution in [3.8, 4) is 0 Å². The molecule has 0 N–H and O–H groups in total. The normalized spacial score (nSPS) is 17.3. The second kappa shape index (κ2) is 4.14. The highest BCUT2D eigenvalue weighted by atomic mass is 32.2. The monoisotopic (exact) mass is 251 g/mol. The maximum atomic E-state index is 5.28. The minimum absolute atomic E-state index is 0.0953. The van der Waals surface area contributed by atoms with Crippen LogP contribution in [0.15, 0.2) is 16.0 Å². The minimum atomic E-state index is 0.0953. The molecule has 1 aliphatic rings. The van der Waals surface area contributed by atoms with E-state index in [1.54, 1.807) is 18.1 Å². The van der Waals surface area contributed by atoms with Crippen LogP contribution >= 0.6 is 11.8 Å². The number of rotatable bonds is 4. The highest BCUT2D eigenvalue weighted by molar-refractivity contribution is 7.99. The Morgan fingerprint density at radius 3 is 3.00 bits per heavy atom. The SMILES string of the molecule is CC(Sc1nncn1C)c1nc(C2CC2)no1. The molecule has 0 saturated heterocycles. The van der Waals surface area contributed by atoms with E-state index in [1.165, 1.54) is 12.8 Å². The van der Waals surface area contributed by atoms with Crippen LogP contribution in [0.4, 0.5) is 0 Å². The molecule has 6 nitrogen and oxygen atoms in total. The molecule has 0 spiro atoms. The van der Waals surface area contributed by atoms with Gasteiger partial charge in [-0.15, -0.1) is 10.2 Å². The lowest BCUT2D eigenvalue weighted by Gasteiger charge is -2.04. The first-order valence-electron chi connectivity index (χ1n) is 5.58. The summed E-state index contributed by atoms with van der Waals surface area (Å²) in [5.41, 5.74) is 0. The van der Waals surface area contributed by atoms with E-state index < -0.39 is 0 Å². The Morgan fingerprint density at radius 1 is 1.53 bits per heavy atom. The Hall–Kier alpha value is -1.37. The van der Waals surface area contributed by atoms with E-state index >= 15 is 0 Å². The topological polar surface area (TPSA) is 69.6 Å². The second-order valence-electron chi connectivity index (χ2n) is 4.25. The zero-order valence-electron chi connectivity index (χ0n) is 9.70. The third-order valence-corrected chi connectivity index (χ3v) is 3.84. The fraction of sp³-hybridized carbons (Fsp3) is 0.600. The fourth-order valence-corrected chi connectivity index (χ4v) is 2.33. The summed E-state index contributed by atoms with van der Waals surface area (Å²) in [5, 5.41) is 12.8. The third-order valence-electron chi connectivity index (χ3n) is 2.70. The molecule has 0 radical (unpaired) electrons. The summed E-state index contributed by atoms with van der Waals surface area (Å²) in [6.45, 7) is 2.03. The van der Waals surface area contributed by atoms with Gasteiger partial charge in [-0.25, -0.2) is 0 Å². The first-order chi connectivity index (χ1) is 8.24. The molecule has 90 valence electrons. The second-order valence-corrected chi connectivity index (χ2v) is 5.56. The van der Waals surface area contributed by atoms with Gasteiger partial charge in [-0.05, 0) is 19.8 Å². The summed E-state index contributed by atoms with van der Waals surface area (Å²) in [6, 6.07) is 0. The van der Waals surface area contributed by atoms with Crippen molar-refractivity contribution < 1.29 is 4.52 Å². The van der Waals surface area contributed by atoms with Gasteiger partial charge in [0, 0.05) is 13.0 Å². The Labute approximate surface area is 103 Å². The van der Waals surface area contributed by atoms with E-state index in [0.717, 1.165) is 11.0 Å². The predicted molar refractivity (Wildman–Crippen MR) is 61.5 cm³/mol. The smallest absolute Gasteiger partial charge is 0.239 e. The van der Waals surface area contributed by atoms with Gasteiger partial charge in [-0.2, -0.15) is 4.98 Å². The third kappa shape index (κ3) is 2.19.